The second kappa shape index (κ2) is 6.31. The molecular weight excluding hydrogens is 242 g/mol. The molecule has 0 saturated carbocycles. The number of nitrogens with two attached hydrogens (primary N) is 1. The molecule has 0 aliphatic carbocycles. The van der Waals surface area contributed by atoms with E-state index in [0.717, 1.165) is 24.2 Å². The van der Waals surface area contributed by atoms with Gasteiger partial charge in [-0.3, -0.25) is 14.9 Å². The van der Waals surface area contributed by atoms with Gasteiger partial charge in [0.1, 0.15) is 0 Å². The van der Waals surface area contributed by atoms with Gasteiger partial charge in [0, 0.05) is 12.6 Å². The molecule has 1 amide bonds. The topological polar surface area (TPSA) is 98.3 Å². The third-order valence-corrected chi connectivity index (χ3v) is 3.27. The first-order valence-corrected chi connectivity index (χ1v) is 6.11. The predicted molar refractivity (Wildman–Crippen MR) is 66.3 cm³/mol. The zero-order valence-corrected chi connectivity index (χ0v) is 10.4. The molecule has 0 atom stereocenters. The molecule has 7 heteroatoms. The van der Waals surface area contributed by atoms with E-state index in [1.54, 1.807) is 6.92 Å². The third kappa shape index (κ3) is 3.79. The number of rotatable bonds is 6. The lowest BCUT2D eigenvalue weighted by Gasteiger charge is -2.01. The zero-order valence-electron chi connectivity index (χ0n) is 9.56. The van der Waals surface area contributed by atoms with Crippen molar-refractivity contribution >= 4 is 22.9 Å². The van der Waals surface area contributed by atoms with Crippen LogP contribution in [0.3, 0.4) is 0 Å². The summed E-state index contributed by atoms with van der Waals surface area (Å²) in [6.45, 7) is 2.77. The zero-order chi connectivity index (χ0) is 12.8. The number of hydrogen-bond acceptors (Lipinski definition) is 5. The number of unbranched alkanes of at least 4 members (excludes halogenated alkanes) is 1. The number of hydrogen-bond donors (Lipinski definition) is 2. The highest BCUT2D eigenvalue weighted by Crippen LogP contribution is 2.27. The molecular formula is C10H15N3O3S. The summed E-state index contributed by atoms with van der Waals surface area (Å²) in [5.41, 5.74) is 5.33. The molecule has 0 saturated heterocycles. The smallest absolute Gasteiger partial charge is 0.283 e. The van der Waals surface area contributed by atoms with Gasteiger partial charge in [-0.2, -0.15) is 0 Å². The van der Waals surface area contributed by atoms with Crippen LogP contribution in [0.5, 0.6) is 0 Å². The maximum absolute atomic E-state index is 11.6. The fourth-order valence-electron chi connectivity index (χ4n) is 1.32. The van der Waals surface area contributed by atoms with Crippen LogP contribution < -0.4 is 11.1 Å². The number of amides is 1. The van der Waals surface area contributed by atoms with E-state index < -0.39 is 4.92 Å². The summed E-state index contributed by atoms with van der Waals surface area (Å²) in [5.74, 6) is -0.261. The first kappa shape index (κ1) is 13.6. The van der Waals surface area contributed by atoms with Gasteiger partial charge in [-0.1, -0.05) is 0 Å². The standard InChI is InChI=1S/C10H15N3O3S/c1-7-8(13(15)16)6-9(17-7)10(14)12-5-3-2-4-11/h6H,2-5,11H2,1H3,(H,12,14). The second-order valence-corrected chi connectivity index (χ2v) is 4.82. The molecule has 3 N–H and O–H groups in total. The van der Waals surface area contributed by atoms with Crippen molar-refractivity contribution in [2.75, 3.05) is 13.1 Å². The van der Waals surface area contributed by atoms with Crippen LogP contribution in [0.1, 0.15) is 27.4 Å². The third-order valence-electron chi connectivity index (χ3n) is 2.23. The van der Waals surface area contributed by atoms with Gasteiger partial charge in [0.15, 0.2) is 0 Å². The molecule has 6 nitrogen and oxygen atoms in total. The number of nitro groups is 1. The van der Waals surface area contributed by atoms with E-state index in [-0.39, 0.29) is 11.6 Å². The highest BCUT2D eigenvalue weighted by molar-refractivity contribution is 7.14. The van der Waals surface area contributed by atoms with Gasteiger partial charge in [0.05, 0.1) is 14.7 Å². The van der Waals surface area contributed by atoms with Crippen molar-refractivity contribution in [1.82, 2.24) is 5.32 Å². The maximum Gasteiger partial charge on any atom is 0.283 e. The number of nitrogens with zero attached hydrogens (tertiary/aromatic N) is 1. The second-order valence-electron chi connectivity index (χ2n) is 3.56. The SMILES string of the molecule is Cc1sc(C(=O)NCCCCN)cc1[N+](=O)[O-]. The summed E-state index contributed by atoms with van der Waals surface area (Å²) in [7, 11) is 0. The van der Waals surface area contributed by atoms with Crippen molar-refractivity contribution in [3.63, 3.8) is 0 Å². The summed E-state index contributed by atoms with van der Waals surface area (Å²) in [6.07, 6.45) is 1.67. The van der Waals surface area contributed by atoms with Crippen molar-refractivity contribution in [3.8, 4) is 0 Å². The fourth-order valence-corrected chi connectivity index (χ4v) is 2.23. The number of aryl methyl sites for hydroxylation is 1. The first-order valence-electron chi connectivity index (χ1n) is 5.29. The average molecular weight is 257 g/mol. The van der Waals surface area contributed by atoms with Crippen LogP contribution in [0.4, 0.5) is 5.69 Å². The van der Waals surface area contributed by atoms with Crippen LogP contribution in [-0.2, 0) is 0 Å². The Morgan fingerprint density at radius 1 is 1.59 bits per heavy atom. The Balaban J connectivity index is 2.57. The molecule has 0 aromatic carbocycles. The van der Waals surface area contributed by atoms with E-state index >= 15 is 0 Å². The van der Waals surface area contributed by atoms with Crippen LogP contribution in [0.25, 0.3) is 0 Å². The van der Waals surface area contributed by atoms with E-state index in [1.807, 2.05) is 0 Å². The molecule has 1 heterocycles. The van der Waals surface area contributed by atoms with Gasteiger partial charge >= 0.3 is 0 Å². The predicted octanol–water partition coefficient (Wildman–Crippen LogP) is 1.43. The van der Waals surface area contributed by atoms with E-state index in [0.29, 0.717) is 22.8 Å². The molecule has 0 fully saturated rings. The Morgan fingerprint density at radius 3 is 2.82 bits per heavy atom. The van der Waals surface area contributed by atoms with Crippen molar-refractivity contribution in [1.29, 1.82) is 0 Å². The number of thiophene rings is 1. The first-order chi connectivity index (χ1) is 8.06. The van der Waals surface area contributed by atoms with E-state index in [2.05, 4.69) is 5.32 Å². The quantitative estimate of drug-likeness (QED) is 0.457. The Labute approximate surface area is 103 Å². The summed E-state index contributed by atoms with van der Waals surface area (Å²) in [4.78, 5) is 22.7. The minimum Gasteiger partial charge on any atom is -0.351 e. The molecule has 0 radical (unpaired) electrons. The molecule has 17 heavy (non-hydrogen) atoms. The van der Waals surface area contributed by atoms with Gasteiger partial charge in [-0.15, -0.1) is 11.3 Å². The normalized spacial score (nSPS) is 10.2. The lowest BCUT2D eigenvalue weighted by Crippen LogP contribution is -2.23. The lowest BCUT2D eigenvalue weighted by molar-refractivity contribution is -0.385. The van der Waals surface area contributed by atoms with Crippen LogP contribution in [-0.4, -0.2) is 23.9 Å². The summed E-state index contributed by atoms with van der Waals surface area (Å²) in [5, 5.41) is 13.3. The molecule has 94 valence electrons. The number of carbonyl (C=O) groups is 1. The maximum atomic E-state index is 11.6. The molecule has 1 aromatic heterocycles. The number of carbonyl (C=O) groups excluding carboxylic acids is 1. The summed E-state index contributed by atoms with van der Waals surface area (Å²) >= 11 is 1.14. The molecule has 0 spiro atoms. The highest BCUT2D eigenvalue weighted by atomic mass is 32.1. The van der Waals surface area contributed by atoms with Crippen molar-refractivity contribution < 1.29 is 9.72 Å². The van der Waals surface area contributed by atoms with Crippen LogP contribution in [0.15, 0.2) is 6.07 Å². The Morgan fingerprint density at radius 2 is 2.29 bits per heavy atom. The fraction of sp³-hybridized carbons (Fsp3) is 0.500. The van der Waals surface area contributed by atoms with E-state index in [4.69, 9.17) is 5.73 Å². The van der Waals surface area contributed by atoms with Crippen molar-refractivity contribution in [2.45, 2.75) is 19.8 Å². The molecule has 0 aliphatic rings. The minimum absolute atomic E-state index is 0.00195. The Hall–Kier alpha value is -1.47. The van der Waals surface area contributed by atoms with Crippen LogP contribution in [0, 0.1) is 17.0 Å². The molecule has 0 aliphatic heterocycles. The Bertz CT molecular complexity index is 417. The van der Waals surface area contributed by atoms with Gasteiger partial charge in [-0.25, -0.2) is 0 Å². The molecule has 1 aromatic rings. The van der Waals surface area contributed by atoms with Gasteiger partial charge in [0.25, 0.3) is 11.6 Å². The van der Waals surface area contributed by atoms with Crippen molar-refractivity contribution in [3.05, 3.63) is 25.9 Å². The van der Waals surface area contributed by atoms with E-state index in [1.165, 1.54) is 6.07 Å². The molecule has 1 rings (SSSR count). The van der Waals surface area contributed by atoms with Crippen LogP contribution in [0.2, 0.25) is 0 Å². The van der Waals surface area contributed by atoms with Gasteiger partial charge in [0.2, 0.25) is 0 Å². The average Bonchev–Trinajstić information content (AvgIpc) is 2.66. The molecule has 0 unspecified atom stereocenters. The van der Waals surface area contributed by atoms with Crippen LogP contribution >= 0.6 is 11.3 Å². The number of nitrogens with one attached hydrogen (secondary N) is 1. The Kier molecular flexibility index (Phi) is 5.05. The summed E-state index contributed by atoms with van der Waals surface area (Å²) in [6, 6.07) is 1.32. The summed E-state index contributed by atoms with van der Waals surface area (Å²) < 4.78 is 0. The minimum atomic E-state index is -0.475. The highest BCUT2D eigenvalue weighted by Gasteiger charge is 2.18. The van der Waals surface area contributed by atoms with Crippen molar-refractivity contribution in [2.24, 2.45) is 5.73 Å². The van der Waals surface area contributed by atoms with Gasteiger partial charge in [-0.05, 0) is 26.3 Å². The lowest BCUT2D eigenvalue weighted by atomic mass is 10.3. The van der Waals surface area contributed by atoms with Gasteiger partial charge < -0.3 is 11.1 Å². The van der Waals surface area contributed by atoms with E-state index in [9.17, 15) is 14.9 Å². The molecule has 0 bridgehead atoms. The monoisotopic (exact) mass is 257 g/mol. The largest absolute Gasteiger partial charge is 0.351 e.